The summed E-state index contributed by atoms with van der Waals surface area (Å²) in [6.45, 7) is 4.57. The van der Waals surface area contributed by atoms with Gasteiger partial charge in [0.05, 0.1) is 0 Å². The maximum absolute atomic E-state index is 12.2. The van der Waals surface area contributed by atoms with Gasteiger partial charge in [0, 0.05) is 30.2 Å². The summed E-state index contributed by atoms with van der Waals surface area (Å²) >= 11 is 6.10. The monoisotopic (exact) mass is 268 g/mol. The van der Waals surface area contributed by atoms with Crippen molar-refractivity contribution in [3.05, 3.63) is 28.8 Å². The lowest BCUT2D eigenvalue weighted by Gasteiger charge is -2.22. The Labute approximate surface area is 114 Å². The fourth-order valence-corrected chi connectivity index (χ4v) is 2.18. The van der Waals surface area contributed by atoms with Crippen LogP contribution in [0, 0.1) is 5.92 Å². The summed E-state index contributed by atoms with van der Waals surface area (Å²) in [5.74, 6) is 0.258. The Bertz CT molecular complexity index is 416. The van der Waals surface area contributed by atoms with Crippen molar-refractivity contribution >= 4 is 23.2 Å². The van der Waals surface area contributed by atoms with Gasteiger partial charge in [-0.05, 0) is 36.6 Å². The van der Waals surface area contributed by atoms with E-state index in [-0.39, 0.29) is 11.8 Å². The van der Waals surface area contributed by atoms with Crippen molar-refractivity contribution in [3.8, 4) is 0 Å². The fraction of sp³-hybridized carbons (Fsp3) is 0.500. The van der Waals surface area contributed by atoms with Crippen LogP contribution in [0.4, 0.5) is 5.69 Å². The molecule has 0 bridgehead atoms. The summed E-state index contributed by atoms with van der Waals surface area (Å²) in [7, 11) is 1.81. The number of benzene rings is 1. The molecule has 1 aromatic rings. The molecule has 3 nitrogen and oxygen atoms in total. The molecule has 0 atom stereocenters. The third kappa shape index (κ3) is 3.64. The zero-order valence-corrected chi connectivity index (χ0v) is 12.0. The van der Waals surface area contributed by atoms with Gasteiger partial charge in [-0.1, -0.05) is 25.4 Å². The van der Waals surface area contributed by atoms with E-state index >= 15 is 0 Å². The first kappa shape index (κ1) is 14.8. The Morgan fingerprint density at radius 3 is 2.56 bits per heavy atom. The maximum Gasteiger partial charge on any atom is 0.225 e. The van der Waals surface area contributed by atoms with E-state index in [2.05, 4.69) is 0 Å². The van der Waals surface area contributed by atoms with Gasteiger partial charge in [0.15, 0.2) is 0 Å². The van der Waals surface area contributed by atoms with E-state index in [4.69, 9.17) is 17.3 Å². The van der Waals surface area contributed by atoms with E-state index < -0.39 is 0 Å². The smallest absolute Gasteiger partial charge is 0.225 e. The van der Waals surface area contributed by atoms with Crippen LogP contribution in [-0.2, 0) is 11.3 Å². The van der Waals surface area contributed by atoms with Gasteiger partial charge in [-0.25, -0.2) is 0 Å². The van der Waals surface area contributed by atoms with Crippen LogP contribution in [0.25, 0.3) is 0 Å². The van der Waals surface area contributed by atoms with E-state index in [9.17, 15) is 4.79 Å². The molecule has 0 spiro atoms. The van der Waals surface area contributed by atoms with E-state index in [0.717, 1.165) is 18.4 Å². The van der Waals surface area contributed by atoms with Crippen LogP contribution < -0.4 is 5.73 Å². The van der Waals surface area contributed by atoms with Gasteiger partial charge in [0.1, 0.15) is 0 Å². The molecule has 1 rings (SSSR count). The van der Waals surface area contributed by atoms with Crippen LogP contribution in [0.1, 0.15) is 32.3 Å². The molecule has 0 fully saturated rings. The average molecular weight is 269 g/mol. The molecule has 0 heterocycles. The lowest BCUT2D eigenvalue weighted by atomic mass is 10.0. The first-order valence-electron chi connectivity index (χ1n) is 6.28. The molecule has 0 radical (unpaired) electrons. The van der Waals surface area contributed by atoms with E-state index in [1.54, 1.807) is 24.1 Å². The van der Waals surface area contributed by atoms with Gasteiger partial charge >= 0.3 is 0 Å². The maximum atomic E-state index is 12.2. The number of carbonyl (C=O) groups is 1. The number of nitrogens with zero attached hydrogens (tertiary/aromatic N) is 1. The fourth-order valence-electron chi connectivity index (χ4n) is 2.00. The van der Waals surface area contributed by atoms with Gasteiger partial charge in [0.2, 0.25) is 5.91 Å². The minimum absolute atomic E-state index is 0.0924. The Morgan fingerprint density at radius 2 is 2.00 bits per heavy atom. The lowest BCUT2D eigenvalue weighted by molar-refractivity contribution is -0.134. The van der Waals surface area contributed by atoms with Crippen LogP contribution in [0.2, 0.25) is 5.02 Å². The highest BCUT2D eigenvalue weighted by atomic mass is 35.5. The van der Waals surface area contributed by atoms with Crippen molar-refractivity contribution in [2.24, 2.45) is 5.92 Å². The van der Waals surface area contributed by atoms with Crippen molar-refractivity contribution < 1.29 is 4.79 Å². The summed E-state index contributed by atoms with van der Waals surface area (Å²) in [5, 5.41) is 0.647. The number of nitrogens with two attached hydrogens (primary N) is 1. The Morgan fingerprint density at radius 1 is 1.39 bits per heavy atom. The van der Waals surface area contributed by atoms with Crippen LogP contribution >= 0.6 is 11.6 Å². The molecule has 18 heavy (non-hydrogen) atoms. The Kier molecular flexibility index (Phi) is 5.48. The molecule has 100 valence electrons. The predicted molar refractivity (Wildman–Crippen MR) is 76.4 cm³/mol. The largest absolute Gasteiger partial charge is 0.399 e. The second-order valence-corrected chi connectivity index (χ2v) is 4.97. The van der Waals surface area contributed by atoms with Crippen molar-refractivity contribution in [2.75, 3.05) is 12.8 Å². The van der Waals surface area contributed by atoms with Crippen molar-refractivity contribution in [2.45, 2.75) is 33.2 Å². The van der Waals surface area contributed by atoms with E-state index in [0.29, 0.717) is 17.3 Å². The highest BCUT2D eigenvalue weighted by Crippen LogP contribution is 2.21. The van der Waals surface area contributed by atoms with Gasteiger partial charge in [-0.15, -0.1) is 0 Å². The molecule has 1 amide bonds. The Balaban J connectivity index is 2.77. The van der Waals surface area contributed by atoms with Crippen LogP contribution in [0.5, 0.6) is 0 Å². The SMILES string of the molecule is CCC(CC)C(=O)N(C)Cc1cc(N)ccc1Cl. The summed E-state index contributed by atoms with van der Waals surface area (Å²) in [5.41, 5.74) is 7.28. The predicted octanol–water partition coefficient (Wildman–Crippen LogP) is 3.32. The standard InChI is InChI=1S/C14H21ClN2O/c1-4-10(5-2)14(18)17(3)9-11-8-12(16)6-7-13(11)15/h6-8,10H,4-5,9,16H2,1-3H3. The normalized spacial score (nSPS) is 10.7. The highest BCUT2D eigenvalue weighted by Gasteiger charge is 2.19. The van der Waals surface area contributed by atoms with Crippen molar-refractivity contribution in [1.29, 1.82) is 0 Å². The molecule has 0 aliphatic heterocycles. The minimum atomic E-state index is 0.0924. The molecule has 0 saturated heterocycles. The number of rotatable bonds is 5. The molecule has 1 aromatic carbocycles. The number of halogens is 1. The second kappa shape index (κ2) is 6.64. The van der Waals surface area contributed by atoms with E-state index in [1.807, 2.05) is 19.9 Å². The molecular formula is C14H21ClN2O. The summed E-state index contributed by atoms with van der Waals surface area (Å²) < 4.78 is 0. The number of hydrogen-bond donors (Lipinski definition) is 1. The minimum Gasteiger partial charge on any atom is -0.399 e. The van der Waals surface area contributed by atoms with Crippen molar-refractivity contribution in [1.82, 2.24) is 4.90 Å². The highest BCUT2D eigenvalue weighted by molar-refractivity contribution is 6.31. The third-order valence-corrected chi connectivity index (χ3v) is 3.56. The lowest BCUT2D eigenvalue weighted by Crippen LogP contribution is -2.32. The van der Waals surface area contributed by atoms with Gasteiger partial charge in [0.25, 0.3) is 0 Å². The number of carbonyl (C=O) groups excluding carboxylic acids is 1. The topological polar surface area (TPSA) is 46.3 Å². The first-order valence-corrected chi connectivity index (χ1v) is 6.66. The Hall–Kier alpha value is -1.22. The number of nitrogen functional groups attached to an aromatic ring is 1. The van der Waals surface area contributed by atoms with Crippen molar-refractivity contribution in [3.63, 3.8) is 0 Å². The molecule has 0 aliphatic rings. The second-order valence-electron chi connectivity index (χ2n) is 4.56. The number of anilines is 1. The van der Waals surface area contributed by atoms with Gasteiger partial charge in [-0.3, -0.25) is 4.79 Å². The molecule has 0 saturated carbocycles. The zero-order valence-electron chi connectivity index (χ0n) is 11.2. The van der Waals surface area contributed by atoms with Crippen LogP contribution in [0.15, 0.2) is 18.2 Å². The number of hydrogen-bond acceptors (Lipinski definition) is 2. The third-order valence-electron chi connectivity index (χ3n) is 3.19. The van der Waals surface area contributed by atoms with Crippen LogP contribution in [0.3, 0.4) is 0 Å². The molecular weight excluding hydrogens is 248 g/mol. The molecule has 4 heteroatoms. The van der Waals surface area contributed by atoms with Gasteiger partial charge in [-0.2, -0.15) is 0 Å². The summed E-state index contributed by atoms with van der Waals surface area (Å²) in [6.07, 6.45) is 1.73. The molecule has 2 N–H and O–H groups in total. The van der Waals surface area contributed by atoms with E-state index in [1.165, 1.54) is 0 Å². The average Bonchev–Trinajstić information content (AvgIpc) is 2.35. The summed E-state index contributed by atoms with van der Waals surface area (Å²) in [6, 6.07) is 5.34. The summed E-state index contributed by atoms with van der Waals surface area (Å²) in [4.78, 5) is 13.9. The zero-order chi connectivity index (χ0) is 13.7. The van der Waals surface area contributed by atoms with Gasteiger partial charge < -0.3 is 10.6 Å². The van der Waals surface area contributed by atoms with Crippen LogP contribution in [-0.4, -0.2) is 17.9 Å². The molecule has 0 aromatic heterocycles. The number of amides is 1. The quantitative estimate of drug-likeness (QED) is 0.833. The molecule has 0 aliphatic carbocycles. The first-order chi connectivity index (χ1) is 8.49. The molecule has 0 unspecified atom stereocenters.